The molecule has 15 heteroatoms. The van der Waals surface area contributed by atoms with Gasteiger partial charge in [0.05, 0.1) is 44.7 Å². The van der Waals surface area contributed by atoms with Gasteiger partial charge in [0.1, 0.15) is 0 Å². The first-order valence-corrected chi connectivity index (χ1v) is 12.8. The number of aliphatic carboxylic acids is 4. The lowest BCUT2D eigenvalue weighted by atomic mass is 9.85. The Labute approximate surface area is 237 Å². The van der Waals surface area contributed by atoms with E-state index in [0.717, 1.165) is 0 Å². The first kappa shape index (κ1) is 34.9. The number of ether oxygens (including phenoxy) is 1. The zero-order valence-electron chi connectivity index (χ0n) is 23.4. The number of amides is 1. The monoisotopic (exact) mass is 582 g/mol. The van der Waals surface area contributed by atoms with Crippen LogP contribution in [-0.2, 0) is 38.9 Å². The Balaban J connectivity index is 2.84. The maximum absolute atomic E-state index is 12.6. The van der Waals surface area contributed by atoms with Gasteiger partial charge in [-0.15, -0.1) is 0 Å². The number of esters is 1. The molecule has 0 spiro atoms. The second-order valence-corrected chi connectivity index (χ2v) is 9.74. The number of nitrogens with zero attached hydrogens (tertiary/aromatic N) is 3. The van der Waals surface area contributed by atoms with E-state index in [1.54, 1.807) is 32.9 Å². The molecule has 1 rings (SSSR count). The van der Waals surface area contributed by atoms with Crippen LogP contribution in [0, 0.1) is 0 Å². The molecule has 0 heterocycles. The van der Waals surface area contributed by atoms with E-state index in [1.165, 1.54) is 26.8 Å². The Morgan fingerprint density at radius 2 is 1.15 bits per heavy atom. The van der Waals surface area contributed by atoms with Crippen molar-refractivity contribution in [3.8, 4) is 0 Å². The van der Waals surface area contributed by atoms with Crippen LogP contribution in [-0.4, -0.2) is 136 Å². The first-order valence-electron chi connectivity index (χ1n) is 12.8. The number of carboxylic acid groups (broad SMARTS) is 4. The van der Waals surface area contributed by atoms with E-state index in [0.29, 0.717) is 11.3 Å². The summed E-state index contributed by atoms with van der Waals surface area (Å²) in [5.74, 6) is -5.73. The molecule has 0 aliphatic rings. The lowest BCUT2D eigenvalue weighted by Gasteiger charge is -2.27. The summed E-state index contributed by atoms with van der Waals surface area (Å²) in [6.07, 6.45) is 0. The molecular formula is C26H38N4O11. The molecule has 0 bridgehead atoms. The summed E-state index contributed by atoms with van der Waals surface area (Å²) in [4.78, 5) is 73.9. The van der Waals surface area contributed by atoms with Gasteiger partial charge in [-0.2, -0.15) is 0 Å². The minimum Gasteiger partial charge on any atom is -0.481 e. The smallest absolute Gasteiger partial charge is 0.320 e. The number of anilines is 1. The maximum atomic E-state index is 12.6. The van der Waals surface area contributed by atoms with Crippen LogP contribution in [0.25, 0.3) is 0 Å². The molecule has 0 unspecified atom stereocenters. The molecule has 0 saturated carbocycles. The molecule has 1 aromatic rings. The Hall–Kier alpha value is -4.08. The van der Waals surface area contributed by atoms with Crippen molar-refractivity contribution in [3.05, 3.63) is 29.8 Å². The van der Waals surface area contributed by atoms with E-state index >= 15 is 0 Å². The third-order valence-corrected chi connectivity index (χ3v) is 5.99. The molecule has 1 aromatic carbocycles. The van der Waals surface area contributed by atoms with E-state index in [2.05, 4.69) is 5.32 Å². The van der Waals surface area contributed by atoms with Gasteiger partial charge in [-0.25, -0.2) is 0 Å². The van der Waals surface area contributed by atoms with Gasteiger partial charge in [-0.3, -0.25) is 43.5 Å². The van der Waals surface area contributed by atoms with Gasteiger partial charge >= 0.3 is 29.8 Å². The van der Waals surface area contributed by atoms with E-state index in [1.807, 2.05) is 0 Å². The summed E-state index contributed by atoms with van der Waals surface area (Å²) in [5, 5.41) is 39.7. The van der Waals surface area contributed by atoms with Gasteiger partial charge in [0, 0.05) is 31.9 Å². The van der Waals surface area contributed by atoms with Crippen molar-refractivity contribution in [3.63, 3.8) is 0 Å². The normalized spacial score (nSPS) is 11.5. The van der Waals surface area contributed by atoms with Crippen LogP contribution in [0.4, 0.5) is 5.69 Å². The first-order chi connectivity index (χ1) is 19.1. The second kappa shape index (κ2) is 16.9. The van der Waals surface area contributed by atoms with Gasteiger partial charge in [-0.05, 0) is 38.5 Å². The van der Waals surface area contributed by atoms with Gasteiger partial charge in [0.15, 0.2) is 0 Å². The predicted molar refractivity (Wildman–Crippen MR) is 145 cm³/mol. The minimum absolute atomic E-state index is 0.00442. The molecule has 41 heavy (non-hydrogen) atoms. The minimum atomic E-state index is -1.20. The van der Waals surface area contributed by atoms with Crippen molar-refractivity contribution < 1.29 is 53.9 Å². The zero-order chi connectivity index (χ0) is 31.2. The number of hydrogen-bond donors (Lipinski definition) is 5. The standard InChI is InChI=1S/C26H38N4O11/c1-4-41-24(38)17-30(16-23(36)37)12-10-28(14-21(32)33)9-11-29(15-22(34)35)13-20(31)27-19-7-5-18(6-8-19)26(2,3)25(39)40/h5-8H,4,9-17H2,1-3H3,(H,27,31)(H,32,33)(H,34,35)(H,36,37)(H,39,40). The van der Waals surface area contributed by atoms with Crippen LogP contribution >= 0.6 is 0 Å². The van der Waals surface area contributed by atoms with Crippen molar-refractivity contribution in [2.75, 3.05) is 70.8 Å². The van der Waals surface area contributed by atoms with Crippen LogP contribution < -0.4 is 5.32 Å². The summed E-state index contributed by atoms with van der Waals surface area (Å²) < 4.78 is 4.85. The van der Waals surface area contributed by atoms with E-state index in [9.17, 15) is 44.1 Å². The Bertz CT molecular complexity index is 1080. The Kier molecular flexibility index (Phi) is 14.4. The highest BCUT2D eigenvalue weighted by atomic mass is 16.5. The van der Waals surface area contributed by atoms with Crippen molar-refractivity contribution in [2.24, 2.45) is 0 Å². The third kappa shape index (κ3) is 13.7. The number of carboxylic acids is 4. The molecule has 0 fully saturated rings. The maximum Gasteiger partial charge on any atom is 0.320 e. The molecule has 0 aliphatic carbocycles. The van der Waals surface area contributed by atoms with Gasteiger partial charge in [0.25, 0.3) is 0 Å². The lowest BCUT2D eigenvalue weighted by Crippen LogP contribution is -2.46. The molecule has 228 valence electrons. The molecule has 0 saturated heterocycles. The highest BCUT2D eigenvalue weighted by Crippen LogP contribution is 2.24. The van der Waals surface area contributed by atoms with Gasteiger partial charge < -0.3 is 30.5 Å². The largest absolute Gasteiger partial charge is 0.481 e. The van der Waals surface area contributed by atoms with E-state index in [4.69, 9.17) is 9.84 Å². The fraction of sp³-hybridized carbons (Fsp3) is 0.538. The fourth-order valence-electron chi connectivity index (χ4n) is 3.72. The number of rotatable bonds is 20. The number of nitrogens with one attached hydrogen (secondary N) is 1. The number of carbonyl (C=O) groups is 6. The zero-order valence-corrected chi connectivity index (χ0v) is 23.4. The molecule has 0 atom stereocenters. The number of benzene rings is 1. The van der Waals surface area contributed by atoms with Crippen LogP contribution in [0.3, 0.4) is 0 Å². The molecule has 0 aliphatic heterocycles. The number of carbonyl (C=O) groups excluding carboxylic acids is 2. The van der Waals surface area contributed by atoms with Gasteiger partial charge in [-0.1, -0.05) is 12.1 Å². The summed E-state index contributed by atoms with van der Waals surface area (Å²) in [5.41, 5.74) is -0.229. The average molecular weight is 583 g/mol. The fourth-order valence-corrected chi connectivity index (χ4v) is 3.72. The quantitative estimate of drug-likeness (QED) is 0.125. The van der Waals surface area contributed by atoms with Crippen LogP contribution in [0.2, 0.25) is 0 Å². The van der Waals surface area contributed by atoms with E-state index < -0.39 is 60.8 Å². The summed E-state index contributed by atoms with van der Waals surface area (Å²) in [6.45, 7) is 2.86. The highest BCUT2D eigenvalue weighted by Gasteiger charge is 2.29. The van der Waals surface area contributed by atoms with Crippen LogP contribution in [0.1, 0.15) is 26.3 Å². The van der Waals surface area contributed by atoms with Crippen LogP contribution in [0.15, 0.2) is 24.3 Å². The Morgan fingerprint density at radius 3 is 1.59 bits per heavy atom. The van der Waals surface area contributed by atoms with Crippen LogP contribution in [0.5, 0.6) is 0 Å². The summed E-state index contributed by atoms with van der Waals surface area (Å²) in [6, 6.07) is 6.21. The number of hydrogen-bond acceptors (Lipinski definition) is 10. The molecule has 0 aromatic heterocycles. The van der Waals surface area contributed by atoms with Crippen molar-refractivity contribution in [1.29, 1.82) is 0 Å². The molecular weight excluding hydrogens is 544 g/mol. The topological polar surface area (TPSA) is 214 Å². The summed E-state index contributed by atoms with van der Waals surface area (Å²) >= 11 is 0. The lowest BCUT2D eigenvalue weighted by molar-refractivity contribution is -0.147. The molecule has 1 amide bonds. The third-order valence-electron chi connectivity index (χ3n) is 5.99. The van der Waals surface area contributed by atoms with E-state index in [-0.39, 0.29) is 45.9 Å². The molecule has 0 radical (unpaired) electrons. The van der Waals surface area contributed by atoms with Crippen molar-refractivity contribution >= 4 is 41.4 Å². The van der Waals surface area contributed by atoms with Gasteiger partial charge in [0.2, 0.25) is 5.91 Å². The molecule has 15 nitrogen and oxygen atoms in total. The average Bonchev–Trinajstić information content (AvgIpc) is 2.84. The SMILES string of the molecule is CCOC(=O)CN(CCN(CCN(CC(=O)O)CC(=O)Nc1ccc(C(C)(C)C(=O)O)cc1)CC(=O)O)CC(=O)O. The van der Waals surface area contributed by atoms with Crippen molar-refractivity contribution in [2.45, 2.75) is 26.2 Å². The second-order valence-electron chi connectivity index (χ2n) is 9.74. The van der Waals surface area contributed by atoms with Crippen molar-refractivity contribution in [1.82, 2.24) is 14.7 Å². The summed E-state index contributed by atoms with van der Waals surface area (Å²) in [7, 11) is 0. The Morgan fingerprint density at radius 1 is 0.707 bits per heavy atom. The predicted octanol–water partition coefficient (Wildman–Crippen LogP) is -0.290. The highest BCUT2D eigenvalue weighted by molar-refractivity contribution is 5.92. The molecule has 5 N–H and O–H groups in total.